The van der Waals surface area contributed by atoms with Crippen LogP contribution in [-0.2, 0) is 59.1 Å². The third-order valence-corrected chi connectivity index (χ3v) is 14.7. The van der Waals surface area contributed by atoms with E-state index in [0.717, 1.165) is 26.0 Å². The fourth-order valence-corrected chi connectivity index (χ4v) is 9.27. The van der Waals surface area contributed by atoms with Crippen LogP contribution in [0.4, 0.5) is 0 Å². The lowest BCUT2D eigenvalue weighted by atomic mass is 9.98. The molecule has 1 aromatic rings. The van der Waals surface area contributed by atoms with Gasteiger partial charge >= 0.3 is 0 Å². The highest BCUT2D eigenvalue weighted by Gasteiger charge is 2.44. The molecule has 0 radical (unpaired) electrons. The smallest absolute Gasteiger partial charge is 0.255 e. The maximum Gasteiger partial charge on any atom is 0.255 e. The van der Waals surface area contributed by atoms with Crippen molar-refractivity contribution in [2.24, 2.45) is 11.8 Å². The Bertz CT molecular complexity index is 2250. The van der Waals surface area contributed by atoms with Crippen molar-refractivity contribution < 1.29 is 57.8 Å². The zero-order chi connectivity index (χ0) is 58.5. The highest BCUT2D eigenvalue weighted by Crippen LogP contribution is 2.21. The van der Waals surface area contributed by atoms with Crippen LogP contribution < -0.4 is 16.0 Å². The minimum absolute atomic E-state index is 0.0132. The van der Waals surface area contributed by atoms with E-state index in [2.05, 4.69) is 16.0 Å². The summed E-state index contributed by atoms with van der Waals surface area (Å²) in [6.07, 6.45) is 0.771. The highest BCUT2D eigenvalue weighted by molar-refractivity contribution is 6.09. The summed E-state index contributed by atoms with van der Waals surface area (Å²) in [6.45, 7) is 18.3. The number of benzene rings is 1. The molecule has 0 bridgehead atoms. The highest BCUT2D eigenvalue weighted by atomic mass is 16.5. The van der Waals surface area contributed by atoms with Crippen molar-refractivity contribution in [2.75, 3.05) is 62.0 Å². The van der Waals surface area contributed by atoms with Gasteiger partial charge in [-0.2, -0.15) is 0 Å². The van der Waals surface area contributed by atoms with Gasteiger partial charge in [0.05, 0.1) is 18.3 Å². The van der Waals surface area contributed by atoms with E-state index in [4.69, 9.17) is 4.74 Å². The first-order valence-corrected chi connectivity index (χ1v) is 26.9. The molecule has 2 aliphatic heterocycles. The quantitative estimate of drug-likeness (QED) is 0.240. The number of likely N-dealkylation sites (N-methyl/N-ethyl adjacent to an activating group) is 6. The van der Waals surface area contributed by atoms with Crippen LogP contribution in [0.1, 0.15) is 114 Å². The molecule has 22 nitrogen and oxygen atoms in total. The first kappa shape index (κ1) is 65.1. The number of hydrogen-bond donors (Lipinski definition) is 4. The Hall–Kier alpha value is -6.16. The number of likely N-dealkylation sites (tertiary alicyclic amines) is 1. The van der Waals surface area contributed by atoms with Crippen molar-refractivity contribution in [3.63, 3.8) is 0 Å². The third kappa shape index (κ3) is 17.4. The van der Waals surface area contributed by atoms with Crippen molar-refractivity contribution in [1.29, 1.82) is 0 Å². The summed E-state index contributed by atoms with van der Waals surface area (Å²) >= 11 is 0. The fourth-order valence-electron chi connectivity index (χ4n) is 9.27. The summed E-state index contributed by atoms with van der Waals surface area (Å²) in [5, 5.41) is 19.0. The monoisotopic (exact) mass is 1080 g/mol. The maximum atomic E-state index is 15.0. The van der Waals surface area contributed by atoms with Gasteiger partial charge in [-0.05, 0) is 98.0 Å². The SMILES string of the molecule is CC(C)C[C@H]1C(=O)N[C@@H](COC(C)(C)C)C(=O)NC(C(=O)N2CCCCC2)C(=O)N(C)C(C)C(=O)N(C)[C@@H](C)C(=O)N(C)[C@@H](Cc2ccccc2)C(=O)N(C)[C@@H](CC(C)C)C(=O)N[C@@H]([C@@H](C)O)C(=O)N(C)[C@@H](C)C(=O)N1C. The van der Waals surface area contributed by atoms with E-state index in [1.165, 1.54) is 84.7 Å². The van der Waals surface area contributed by atoms with E-state index in [9.17, 15) is 53.1 Å². The molecule has 2 saturated heterocycles. The molecule has 77 heavy (non-hydrogen) atoms. The van der Waals surface area contributed by atoms with Crippen LogP contribution in [0.2, 0.25) is 0 Å². The molecule has 2 fully saturated rings. The number of carbonyl (C=O) groups is 10. The average Bonchev–Trinajstić information content (AvgIpc) is 3.39. The standard InChI is InChI=1S/C55H90N10O12/c1-32(2)28-40-46(68)56-39(31-77-55(9,10)11)45(67)58-44(54(76)65-26-22-19-23-27-65)53(75)61(14)34(5)48(70)59(12)35(6)50(72)64(17)42(30-38-24-20-18-21-25-38)51(73)63(16)41(29-33(3)4)47(69)57-43(37(8)66)52(74)60(13)36(7)49(71)62(40)15/h18,20-21,24-25,32-37,39-44,66H,19,22-23,26-31H2,1-17H3,(H,56,68)(H,57,69)(H,58,67)/t34?,35-,36-,37+,39-,40-,41-,42-,43-,44?/m0/s1. The van der Waals surface area contributed by atoms with E-state index in [0.29, 0.717) is 31.5 Å². The molecule has 1 aromatic carbocycles. The number of aliphatic hydroxyl groups is 1. The summed E-state index contributed by atoms with van der Waals surface area (Å²) in [5.41, 5.74) is -0.176. The molecule has 0 spiro atoms. The third-order valence-electron chi connectivity index (χ3n) is 14.7. The van der Waals surface area contributed by atoms with Crippen molar-refractivity contribution in [3.8, 4) is 0 Å². The van der Waals surface area contributed by atoms with Crippen molar-refractivity contribution in [1.82, 2.24) is 50.2 Å². The van der Waals surface area contributed by atoms with E-state index >= 15 is 0 Å². The second-order valence-electron chi connectivity index (χ2n) is 22.8. The first-order valence-electron chi connectivity index (χ1n) is 26.9. The van der Waals surface area contributed by atoms with Crippen molar-refractivity contribution >= 4 is 59.1 Å². The van der Waals surface area contributed by atoms with Gasteiger partial charge in [-0.25, -0.2) is 0 Å². The molecule has 2 heterocycles. The predicted octanol–water partition coefficient (Wildman–Crippen LogP) is 1.02. The number of nitrogens with one attached hydrogen (secondary N) is 3. The van der Waals surface area contributed by atoms with Gasteiger partial charge in [0.25, 0.3) is 11.8 Å². The van der Waals surface area contributed by atoms with Crippen LogP contribution in [0.25, 0.3) is 0 Å². The van der Waals surface area contributed by atoms with Crippen LogP contribution in [0.5, 0.6) is 0 Å². The normalized spacial score (nSPS) is 27.0. The van der Waals surface area contributed by atoms with Gasteiger partial charge in [-0.15, -0.1) is 0 Å². The van der Waals surface area contributed by atoms with Crippen LogP contribution >= 0.6 is 0 Å². The molecular weight excluding hydrogens is 993 g/mol. The number of carbonyl (C=O) groups excluding carboxylic acids is 10. The Morgan fingerprint density at radius 1 is 0.571 bits per heavy atom. The zero-order valence-corrected chi connectivity index (χ0v) is 48.7. The molecule has 2 unspecified atom stereocenters. The Morgan fingerprint density at radius 3 is 1.47 bits per heavy atom. The molecule has 10 atom stereocenters. The largest absolute Gasteiger partial charge is 0.391 e. The van der Waals surface area contributed by atoms with Crippen molar-refractivity contribution in [2.45, 2.75) is 181 Å². The Labute approximate surface area is 456 Å². The van der Waals surface area contributed by atoms with Gasteiger partial charge in [-0.3, -0.25) is 47.9 Å². The Balaban J connectivity index is 2.31. The number of rotatable bonds is 10. The Kier molecular flexibility index (Phi) is 24.1. The predicted molar refractivity (Wildman–Crippen MR) is 289 cm³/mol. The second kappa shape index (κ2) is 28.5. The maximum absolute atomic E-state index is 15.0. The summed E-state index contributed by atoms with van der Waals surface area (Å²) in [7, 11) is 8.17. The van der Waals surface area contributed by atoms with E-state index in [1.807, 2.05) is 27.7 Å². The summed E-state index contributed by atoms with van der Waals surface area (Å²) in [5.74, 6) is -8.26. The lowest BCUT2D eigenvalue weighted by Gasteiger charge is -2.38. The number of amides is 10. The zero-order valence-electron chi connectivity index (χ0n) is 48.7. The molecule has 0 aromatic heterocycles. The molecule has 10 amide bonds. The van der Waals surface area contributed by atoms with Crippen LogP contribution in [0.3, 0.4) is 0 Å². The molecular formula is C55H90N10O12. The van der Waals surface area contributed by atoms with Crippen LogP contribution in [0.15, 0.2) is 30.3 Å². The number of aliphatic hydroxyl groups excluding tert-OH is 1. The summed E-state index contributed by atoms with van der Waals surface area (Å²) in [6, 6.07) is -3.76. The van der Waals surface area contributed by atoms with Gasteiger partial charge in [0, 0.05) is 61.8 Å². The minimum Gasteiger partial charge on any atom is -0.391 e. The lowest BCUT2D eigenvalue weighted by Crippen LogP contribution is -2.64. The van der Waals surface area contributed by atoms with Gasteiger partial charge in [0.1, 0.15) is 48.3 Å². The minimum atomic E-state index is -1.88. The molecule has 2 aliphatic rings. The lowest BCUT2D eigenvalue weighted by molar-refractivity contribution is -0.155. The van der Waals surface area contributed by atoms with Gasteiger partial charge < -0.3 is 60.1 Å². The van der Waals surface area contributed by atoms with Gasteiger partial charge in [-0.1, -0.05) is 58.0 Å². The summed E-state index contributed by atoms with van der Waals surface area (Å²) in [4.78, 5) is 154. The molecule has 432 valence electrons. The Morgan fingerprint density at radius 2 is 1.00 bits per heavy atom. The van der Waals surface area contributed by atoms with E-state index < -0.39 is 132 Å². The first-order chi connectivity index (χ1) is 35.7. The number of hydrogen-bond acceptors (Lipinski definition) is 12. The van der Waals surface area contributed by atoms with Crippen LogP contribution in [0, 0.1) is 11.8 Å². The fraction of sp³-hybridized carbons (Fsp3) is 0.709. The topological polar surface area (TPSA) is 259 Å². The molecule has 3 rings (SSSR count). The number of nitrogens with zero attached hydrogens (tertiary/aromatic N) is 7. The molecule has 0 saturated carbocycles. The van der Waals surface area contributed by atoms with Crippen LogP contribution in [-0.4, -0.2) is 227 Å². The molecule has 0 aliphatic carbocycles. The van der Waals surface area contributed by atoms with E-state index in [1.54, 1.807) is 51.1 Å². The van der Waals surface area contributed by atoms with E-state index in [-0.39, 0.29) is 31.1 Å². The number of ether oxygens (including phenoxy) is 1. The summed E-state index contributed by atoms with van der Waals surface area (Å²) < 4.78 is 6.02. The van der Waals surface area contributed by atoms with Gasteiger partial charge in [0.15, 0.2) is 6.04 Å². The number of piperidine rings is 1. The molecule has 22 heteroatoms. The average molecular weight is 1080 g/mol. The second-order valence-corrected chi connectivity index (χ2v) is 22.8. The molecule has 4 N–H and O–H groups in total. The van der Waals surface area contributed by atoms with Crippen molar-refractivity contribution in [3.05, 3.63) is 35.9 Å². The van der Waals surface area contributed by atoms with Gasteiger partial charge in [0.2, 0.25) is 47.3 Å².